The van der Waals surface area contributed by atoms with Crippen molar-refractivity contribution in [3.8, 4) is 5.75 Å². The number of carbonyl (C=O) groups excluding carboxylic acids is 1. The third-order valence-electron chi connectivity index (χ3n) is 6.96. The SMILES string of the molecule is CC(C)N(CCOc1ccc(C(=O)Nc2n[nH]c3c2CN(S(=O)(=O)c2cc(F)cc(F)c2)CC3)c([N+](=O)[O-])c1)C(C)C.Cl. The smallest absolute Gasteiger partial charge is 0.285 e. The van der Waals surface area contributed by atoms with Gasteiger partial charge in [0.15, 0.2) is 5.82 Å². The molecule has 0 aliphatic carbocycles. The molecule has 0 bridgehead atoms. The summed E-state index contributed by atoms with van der Waals surface area (Å²) in [7, 11) is -4.28. The second-order valence-electron chi connectivity index (χ2n) is 10.4. The van der Waals surface area contributed by atoms with E-state index in [1.165, 1.54) is 18.2 Å². The molecular weight excluding hydrogens is 610 g/mol. The zero-order valence-corrected chi connectivity index (χ0v) is 25.6. The van der Waals surface area contributed by atoms with Crippen molar-refractivity contribution in [3.05, 3.63) is 75.0 Å². The molecule has 0 spiro atoms. The highest BCUT2D eigenvalue weighted by molar-refractivity contribution is 7.89. The van der Waals surface area contributed by atoms with Crippen LogP contribution in [0.1, 0.15) is 49.3 Å². The number of hydrogen-bond acceptors (Lipinski definition) is 8. The number of aromatic nitrogens is 2. The summed E-state index contributed by atoms with van der Waals surface area (Å²) in [4.78, 5) is 25.9. The fraction of sp³-hybridized carbons (Fsp3) is 0.407. The number of fused-ring (bicyclic) bond motifs is 1. The van der Waals surface area contributed by atoms with E-state index < -0.39 is 43.1 Å². The van der Waals surface area contributed by atoms with Crippen LogP contribution in [0.4, 0.5) is 20.3 Å². The number of anilines is 1. The minimum absolute atomic E-state index is 0. The van der Waals surface area contributed by atoms with E-state index in [4.69, 9.17) is 4.74 Å². The largest absolute Gasteiger partial charge is 0.492 e. The lowest BCUT2D eigenvalue weighted by Crippen LogP contribution is -2.39. The molecule has 0 radical (unpaired) electrons. The molecule has 234 valence electrons. The van der Waals surface area contributed by atoms with Crippen LogP contribution in [-0.4, -0.2) is 70.4 Å². The molecule has 1 aliphatic rings. The molecular formula is C27H33ClF2N6O6S. The fourth-order valence-electron chi connectivity index (χ4n) is 4.91. The molecule has 16 heteroatoms. The molecule has 1 aromatic heterocycles. The number of amides is 1. The summed E-state index contributed by atoms with van der Waals surface area (Å²) in [6.45, 7) is 8.92. The van der Waals surface area contributed by atoms with Crippen LogP contribution in [0.25, 0.3) is 0 Å². The lowest BCUT2D eigenvalue weighted by atomic mass is 10.1. The average molecular weight is 643 g/mol. The summed E-state index contributed by atoms with van der Waals surface area (Å²) in [6, 6.07) is 6.52. The van der Waals surface area contributed by atoms with Crippen molar-refractivity contribution in [2.45, 2.75) is 57.6 Å². The van der Waals surface area contributed by atoms with Gasteiger partial charge in [-0.25, -0.2) is 17.2 Å². The highest BCUT2D eigenvalue weighted by Gasteiger charge is 2.33. The van der Waals surface area contributed by atoms with Crippen molar-refractivity contribution in [2.75, 3.05) is 25.0 Å². The molecule has 4 rings (SSSR count). The van der Waals surface area contributed by atoms with Gasteiger partial charge in [-0.3, -0.25) is 24.9 Å². The van der Waals surface area contributed by atoms with Gasteiger partial charge in [0.05, 0.1) is 15.9 Å². The number of rotatable bonds is 11. The van der Waals surface area contributed by atoms with Gasteiger partial charge in [0, 0.05) is 55.5 Å². The summed E-state index contributed by atoms with van der Waals surface area (Å²) in [5.74, 6) is -2.68. The molecule has 0 atom stereocenters. The van der Waals surface area contributed by atoms with Gasteiger partial charge in [-0.15, -0.1) is 12.4 Å². The minimum Gasteiger partial charge on any atom is -0.492 e. The predicted molar refractivity (Wildman–Crippen MR) is 157 cm³/mol. The molecule has 1 amide bonds. The van der Waals surface area contributed by atoms with Crippen LogP contribution in [0, 0.1) is 21.7 Å². The Bertz CT molecular complexity index is 1570. The minimum atomic E-state index is -4.28. The van der Waals surface area contributed by atoms with E-state index in [9.17, 15) is 32.1 Å². The molecule has 0 saturated carbocycles. The number of nitrogens with zero attached hydrogens (tertiary/aromatic N) is 4. The van der Waals surface area contributed by atoms with Gasteiger partial charge in [-0.05, 0) is 52.0 Å². The van der Waals surface area contributed by atoms with Gasteiger partial charge in [0.1, 0.15) is 29.6 Å². The topological polar surface area (TPSA) is 151 Å². The summed E-state index contributed by atoms with van der Waals surface area (Å²) in [6.07, 6.45) is 0.187. The van der Waals surface area contributed by atoms with E-state index in [2.05, 4.69) is 48.1 Å². The third kappa shape index (κ3) is 7.65. The molecule has 43 heavy (non-hydrogen) atoms. The summed E-state index contributed by atoms with van der Waals surface area (Å²) >= 11 is 0. The van der Waals surface area contributed by atoms with E-state index in [1.807, 2.05) is 0 Å². The normalized spacial score (nSPS) is 13.6. The summed E-state index contributed by atoms with van der Waals surface area (Å²) in [5.41, 5.74) is 0.164. The second-order valence-corrected chi connectivity index (χ2v) is 12.3. The number of aromatic amines is 1. The van der Waals surface area contributed by atoms with E-state index in [0.29, 0.717) is 42.6 Å². The zero-order chi connectivity index (χ0) is 30.8. The first-order chi connectivity index (χ1) is 19.8. The van der Waals surface area contributed by atoms with Crippen molar-refractivity contribution in [2.24, 2.45) is 0 Å². The van der Waals surface area contributed by atoms with Gasteiger partial charge in [-0.2, -0.15) is 9.40 Å². The van der Waals surface area contributed by atoms with E-state index >= 15 is 0 Å². The number of carbonyl (C=O) groups is 1. The number of ether oxygens (including phenoxy) is 1. The maximum Gasteiger partial charge on any atom is 0.285 e. The Morgan fingerprint density at radius 3 is 2.42 bits per heavy atom. The van der Waals surface area contributed by atoms with Crippen LogP contribution in [0.2, 0.25) is 0 Å². The summed E-state index contributed by atoms with van der Waals surface area (Å²) in [5, 5.41) is 21.1. The first kappa shape index (κ1) is 33.8. The zero-order valence-electron chi connectivity index (χ0n) is 24.0. The lowest BCUT2D eigenvalue weighted by molar-refractivity contribution is -0.385. The maximum atomic E-state index is 13.7. The molecule has 0 unspecified atom stereocenters. The first-order valence-electron chi connectivity index (χ1n) is 13.3. The molecule has 3 aromatic rings. The Balaban J connectivity index is 0.00000506. The average Bonchev–Trinajstić information content (AvgIpc) is 3.31. The second kappa shape index (κ2) is 13.8. The van der Waals surface area contributed by atoms with Crippen molar-refractivity contribution < 1.29 is 31.7 Å². The van der Waals surface area contributed by atoms with Gasteiger partial charge in [-0.1, -0.05) is 0 Å². The Morgan fingerprint density at radius 1 is 1.16 bits per heavy atom. The molecule has 2 N–H and O–H groups in total. The lowest BCUT2D eigenvalue weighted by Gasteiger charge is -2.30. The van der Waals surface area contributed by atoms with Crippen LogP contribution in [0.3, 0.4) is 0 Å². The molecule has 12 nitrogen and oxygen atoms in total. The fourth-order valence-corrected chi connectivity index (χ4v) is 6.36. The van der Waals surface area contributed by atoms with Crippen molar-refractivity contribution >= 4 is 39.8 Å². The Kier molecular flexibility index (Phi) is 10.8. The highest BCUT2D eigenvalue weighted by Crippen LogP contribution is 2.30. The van der Waals surface area contributed by atoms with Crippen LogP contribution in [0.5, 0.6) is 5.75 Å². The molecule has 0 fully saturated rings. The Morgan fingerprint density at radius 2 is 1.81 bits per heavy atom. The van der Waals surface area contributed by atoms with Gasteiger partial charge in [0.25, 0.3) is 11.6 Å². The van der Waals surface area contributed by atoms with Gasteiger partial charge in [0.2, 0.25) is 10.0 Å². The van der Waals surface area contributed by atoms with Crippen LogP contribution < -0.4 is 10.1 Å². The van der Waals surface area contributed by atoms with E-state index in [1.54, 1.807) is 0 Å². The molecule has 2 aromatic carbocycles. The quantitative estimate of drug-likeness (QED) is 0.229. The number of H-pyrrole nitrogens is 1. The van der Waals surface area contributed by atoms with Crippen LogP contribution in [-0.2, 0) is 23.0 Å². The molecule has 2 heterocycles. The van der Waals surface area contributed by atoms with Gasteiger partial charge < -0.3 is 10.1 Å². The number of nitro groups is 1. The highest BCUT2D eigenvalue weighted by atomic mass is 35.5. The Labute approximate surface area is 254 Å². The van der Waals surface area contributed by atoms with Crippen molar-refractivity contribution in [1.82, 2.24) is 19.4 Å². The van der Waals surface area contributed by atoms with Crippen molar-refractivity contribution in [3.63, 3.8) is 0 Å². The number of benzene rings is 2. The number of nitrogens with one attached hydrogen (secondary N) is 2. The number of nitro benzene ring substituents is 1. The number of sulfonamides is 1. The predicted octanol–water partition coefficient (Wildman–Crippen LogP) is 4.51. The van der Waals surface area contributed by atoms with Gasteiger partial charge >= 0.3 is 0 Å². The Hall–Kier alpha value is -3.66. The number of hydrogen-bond donors (Lipinski definition) is 2. The summed E-state index contributed by atoms with van der Waals surface area (Å²) < 4.78 is 60.3. The van der Waals surface area contributed by atoms with E-state index in [-0.39, 0.29) is 49.0 Å². The standard InChI is InChI=1S/C27H32F2N6O6S.ClH/c1-16(2)34(17(3)4)9-10-41-20-5-6-22(25(14-20)35(37)38)27(36)30-26-23-15-33(8-7-24(23)31-32-26)42(39,40)21-12-18(28)11-19(29)13-21;/h5-6,11-14,16-17H,7-10,15H2,1-4H3,(H2,30,31,32,36);1H. The number of halogens is 3. The monoisotopic (exact) mass is 642 g/mol. The van der Waals surface area contributed by atoms with Crippen LogP contribution in [0.15, 0.2) is 41.3 Å². The van der Waals surface area contributed by atoms with Crippen molar-refractivity contribution in [1.29, 1.82) is 0 Å². The first-order valence-corrected chi connectivity index (χ1v) is 14.7. The van der Waals surface area contributed by atoms with E-state index in [0.717, 1.165) is 16.4 Å². The van der Waals surface area contributed by atoms with Crippen LogP contribution >= 0.6 is 12.4 Å². The molecule has 0 saturated heterocycles. The third-order valence-corrected chi connectivity index (χ3v) is 8.78. The maximum absolute atomic E-state index is 13.7. The molecule has 1 aliphatic heterocycles.